The molecule has 1 aromatic rings. The van der Waals surface area contributed by atoms with Crippen LogP contribution in [0.25, 0.3) is 0 Å². The zero-order valence-electron chi connectivity index (χ0n) is 16.2. The summed E-state index contributed by atoms with van der Waals surface area (Å²) in [6.45, 7) is 4.49. The highest BCUT2D eigenvalue weighted by Crippen LogP contribution is 2.29. The topological polar surface area (TPSA) is 108 Å². The number of ether oxygens (including phenoxy) is 3. The summed E-state index contributed by atoms with van der Waals surface area (Å²) in [6, 6.07) is 4.29. The van der Waals surface area contributed by atoms with Crippen molar-refractivity contribution in [2.45, 2.75) is 39.2 Å². The minimum absolute atomic E-state index is 0.0602. The molecule has 1 aliphatic heterocycles. The van der Waals surface area contributed by atoms with Gasteiger partial charge in [0.05, 0.1) is 30.3 Å². The van der Waals surface area contributed by atoms with Gasteiger partial charge < -0.3 is 19.5 Å². The Morgan fingerprint density at radius 3 is 2.39 bits per heavy atom. The molecule has 8 nitrogen and oxygen atoms in total. The lowest BCUT2D eigenvalue weighted by Gasteiger charge is -2.14. The molecule has 1 fully saturated rings. The predicted molar refractivity (Wildman–Crippen MR) is 103 cm³/mol. The highest BCUT2D eigenvalue weighted by atomic mass is 32.2. The van der Waals surface area contributed by atoms with Gasteiger partial charge in [-0.1, -0.05) is 13.8 Å². The zero-order valence-corrected chi connectivity index (χ0v) is 17.0. The van der Waals surface area contributed by atoms with E-state index in [9.17, 15) is 18.0 Å². The van der Waals surface area contributed by atoms with Gasteiger partial charge in [-0.05, 0) is 37.5 Å². The molecule has 28 heavy (non-hydrogen) atoms. The zero-order chi connectivity index (χ0) is 20.6. The lowest BCUT2D eigenvalue weighted by Crippen LogP contribution is -2.38. The van der Waals surface area contributed by atoms with Gasteiger partial charge in [0.1, 0.15) is 0 Å². The maximum absolute atomic E-state index is 12.2. The molecule has 0 spiro atoms. The molecule has 1 aliphatic rings. The van der Waals surface area contributed by atoms with Crippen LogP contribution in [0.2, 0.25) is 0 Å². The van der Waals surface area contributed by atoms with Crippen LogP contribution in [0, 0.1) is 0 Å². The molecular weight excluding hydrogens is 386 g/mol. The third-order valence-electron chi connectivity index (χ3n) is 4.03. The molecule has 1 atom stereocenters. The number of hydrogen-bond acceptors (Lipinski definition) is 7. The standard InChI is InChI=1S/C19H27NO7S/c1-3-8-25-16-6-5-14(11-17(16)26-9-4-2)19(22)27-12-18(21)20-15-7-10-28(23,24)13-15/h5-6,11,15H,3-4,7-10,12-13H2,1-2H3,(H,20,21)/t15-/m1/s1. The molecule has 1 N–H and O–H groups in total. The number of carbonyl (C=O) groups excluding carboxylic acids is 2. The van der Waals surface area contributed by atoms with Gasteiger partial charge in [-0.2, -0.15) is 0 Å². The number of sulfone groups is 1. The summed E-state index contributed by atoms with van der Waals surface area (Å²) in [5.74, 6) is -0.217. The summed E-state index contributed by atoms with van der Waals surface area (Å²) in [5, 5.41) is 2.57. The number of esters is 1. The van der Waals surface area contributed by atoms with Crippen molar-refractivity contribution >= 4 is 21.7 Å². The minimum Gasteiger partial charge on any atom is -0.490 e. The summed E-state index contributed by atoms with van der Waals surface area (Å²) in [5.41, 5.74) is 0.242. The number of amides is 1. The van der Waals surface area contributed by atoms with Crippen LogP contribution in [-0.4, -0.2) is 57.7 Å². The first-order chi connectivity index (χ1) is 13.3. The molecule has 9 heteroatoms. The highest BCUT2D eigenvalue weighted by Gasteiger charge is 2.29. The van der Waals surface area contributed by atoms with Crippen LogP contribution in [0.4, 0.5) is 0 Å². The van der Waals surface area contributed by atoms with Gasteiger partial charge in [0.15, 0.2) is 27.9 Å². The van der Waals surface area contributed by atoms with Crippen molar-refractivity contribution < 1.29 is 32.2 Å². The number of nitrogens with one attached hydrogen (secondary N) is 1. The molecule has 0 aliphatic carbocycles. The first kappa shape index (κ1) is 22.0. The summed E-state index contributed by atoms with van der Waals surface area (Å²) in [7, 11) is -3.09. The van der Waals surface area contributed by atoms with E-state index < -0.39 is 34.4 Å². The van der Waals surface area contributed by atoms with Crippen molar-refractivity contribution in [1.82, 2.24) is 5.32 Å². The second kappa shape index (κ2) is 10.3. The fourth-order valence-corrected chi connectivity index (χ4v) is 4.36. The van der Waals surface area contributed by atoms with Gasteiger partial charge in [0.25, 0.3) is 5.91 Å². The van der Waals surface area contributed by atoms with Crippen LogP contribution in [-0.2, 0) is 19.4 Å². The lowest BCUT2D eigenvalue weighted by atomic mass is 10.2. The van der Waals surface area contributed by atoms with Crippen molar-refractivity contribution in [2.24, 2.45) is 0 Å². The predicted octanol–water partition coefficient (Wildman–Crippen LogP) is 1.72. The average molecular weight is 413 g/mol. The molecule has 0 aromatic heterocycles. The maximum atomic E-state index is 12.2. The number of hydrogen-bond donors (Lipinski definition) is 1. The van der Waals surface area contributed by atoms with Crippen LogP contribution >= 0.6 is 0 Å². The first-order valence-electron chi connectivity index (χ1n) is 9.41. The Kier molecular flexibility index (Phi) is 8.10. The third-order valence-corrected chi connectivity index (χ3v) is 5.80. The fourth-order valence-electron chi connectivity index (χ4n) is 2.68. The molecule has 0 saturated carbocycles. The Hall–Kier alpha value is -2.29. The molecule has 1 aromatic carbocycles. The van der Waals surface area contributed by atoms with E-state index in [2.05, 4.69) is 5.32 Å². The molecule has 2 rings (SSSR count). The largest absolute Gasteiger partial charge is 0.490 e. The molecule has 1 saturated heterocycles. The Balaban J connectivity index is 1.92. The van der Waals surface area contributed by atoms with E-state index in [4.69, 9.17) is 14.2 Å². The van der Waals surface area contributed by atoms with E-state index in [0.717, 1.165) is 12.8 Å². The molecule has 1 amide bonds. The lowest BCUT2D eigenvalue weighted by molar-refractivity contribution is -0.124. The summed E-state index contributed by atoms with van der Waals surface area (Å²) >= 11 is 0. The fraction of sp³-hybridized carbons (Fsp3) is 0.579. The van der Waals surface area contributed by atoms with Crippen LogP contribution in [0.3, 0.4) is 0 Å². The number of rotatable bonds is 10. The van der Waals surface area contributed by atoms with E-state index >= 15 is 0 Å². The van der Waals surface area contributed by atoms with Crippen LogP contribution in [0.5, 0.6) is 11.5 Å². The van der Waals surface area contributed by atoms with Crippen molar-refractivity contribution in [1.29, 1.82) is 0 Å². The highest BCUT2D eigenvalue weighted by molar-refractivity contribution is 7.91. The van der Waals surface area contributed by atoms with Crippen LogP contribution in [0.1, 0.15) is 43.5 Å². The molecule has 156 valence electrons. The van der Waals surface area contributed by atoms with Crippen molar-refractivity contribution in [3.05, 3.63) is 23.8 Å². The first-order valence-corrected chi connectivity index (χ1v) is 11.2. The summed E-state index contributed by atoms with van der Waals surface area (Å²) in [4.78, 5) is 24.1. The molecule has 1 heterocycles. The van der Waals surface area contributed by atoms with Crippen LogP contribution < -0.4 is 14.8 Å². The van der Waals surface area contributed by atoms with Gasteiger partial charge in [-0.15, -0.1) is 0 Å². The Bertz CT molecular complexity index is 791. The third kappa shape index (κ3) is 6.70. The average Bonchev–Trinajstić information content (AvgIpc) is 3.01. The number of carbonyl (C=O) groups is 2. The van der Waals surface area contributed by atoms with E-state index in [1.807, 2.05) is 13.8 Å². The van der Waals surface area contributed by atoms with Gasteiger partial charge in [-0.25, -0.2) is 13.2 Å². The normalized spacial score (nSPS) is 17.7. The van der Waals surface area contributed by atoms with E-state index in [0.29, 0.717) is 31.1 Å². The van der Waals surface area contributed by atoms with E-state index in [1.165, 1.54) is 6.07 Å². The van der Waals surface area contributed by atoms with Crippen molar-refractivity contribution in [2.75, 3.05) is 31.3 Å². The second-order valence-corrected chi connectivity index (χ2v) is 8.83. The van der Waals surface area contributed by atoms with Crippen LogP contribution in [0.15, 0.2) is 18.2 Å². The quantitative estimate of drug-likeness (QED) is 0.582. The molecular formula is C19H27NO7S. The van der Waals surface area contributed by atoms with E-state index in [-0.39, 0.29) is 17.1 Å². The minimum atomic E-state index is -3.09. The Morgan fingerprint density at radius 2 is 1.79 bits per heavy atom. The van der Waals surface area contributed by atoms with Crippen molar-refractivity contribution in [3.63, 3.8) is 0 Å². The second-order valence-electron chi connectivity index (χ2n) is 6.60. The number of benzene rings is 1. The molecule has 0 bridgehead atoms. The van der Waals surface area contributed by atoms with E-state index in [1.54, 1.807) is 12.1 Å². The van der Waals surface area contributed by atoms with Gasteiger partial charge in [-0.3, -0.25) is 4.79 Å². The Labute approximate surface area is 165 Å². The SMILES string of the molecule is CCCOc1ccc(C(=O)OCC(=O)N[C@@H]2CCS(=O)(=O)C2)cc1OCCC. The smallest absolute Gasteiger partial charge is 0.338 e. The molecule has 0 radical (unpaired) electrons. The van der Waals surface area contributed by atoms with Gasteiger partial charge in [0.2, 0.25) is 0 Å². The van der Waals surface area contributed by atoms with Crippen molar-refractivity contribution in [3.8, 4) is 11.5 Å². The Morgan fingerprint density at radius 1 is 1.11 bits per heavy atom. The summed E-state index contributed by atoms with van der Waals surface area (Å²) in [6.07, 6.45) is 2.02. The summed E-state index contributed by atoms with van der Waals surface area (Å²) < 4.78 is 39.1. The van der Waals surface area contributed by atoms with Gasteiger partial charge in [0, 0.05) is 6.04 Å². The molecule has 0 unspecified atom stereocenters. The van der Waals surface area contributed by atoms with Gasteiger partial charge >= 0.3 is 5.97 Å². The maximum Gasteiger partial charge on any atom is 0.338 e. The monoisotopic (exact) mass is 413 g/mol.